The van der Waals surface area contributed by atoms with Crippen LogP contribution in [0.2, 0.25) is 0 Å². The van der Waals surface area contributed by atoms with Crippen molar-refractivity contribution in [3.63, 3.8) is 0 Å². The van der Waals surface area contributed by atoms with E-state index in [0.29, 0.717) is 0 Å². The fourth-order valence-corrected chi connectivity index (χ4v) is 2.09. The van der Waals surface area contributed by atoms with E-state index >= 15 is 0 Å². The second kappa shape index (κ2) is 3.92. The summed E-state index contributed by atoms with van der Waals surface area (Å²) in [6, 6.07) is 0. The lowest BCUT2D eigenvalue weighted by Gasteiger charge is -2.18. The van der Waals surface area contributed by atoms with E-state index in [0.717, 1.165) is 6.54 Å². The fraction of sp³-hybridized carbons (Fsp3) is 0.900. The molecule has 1 saturated heterocycles. The van der Waals surface area contributed by atoms with Gasteiger partial charge in [0.1, 0.15) is 0 Å². The number of nitrogens with zero attached hydrogens (tertiary/aromatic N) is 2. The zero-order valence-electron chi connectivity index (χ0n) is 7.76. The van der Waals surface area contributed by atoms with Crippen LogP contribution < -0.4 is 0 Å². The molecule has 68 valence electrons. The van der Waals surface area contributed by atoms with E-state index in [1.165, 1.54) is 57.5 Å². The molecule has 0 radical (unpaired) electrons. The molecule has 0 aromatic carbocycles. The summed E-state index contributed by atoms with van der Waals surface area (Å²) in [6.07, 6.45) is 8.02. The lowest BCUT2D eigenvalue weighted by atomic mass is 10.2. The predicted octanol–water partition coefficient (Wildman–Crippen LogP) is 2.05. The van der Waals surface area contributed by atoms with Crippen LogP contribution in [0.4, 0.5) is 0 Å². The van der Waals surface area contributed by atoms with Crippen molar-refractivity contribution in [1.82, 2.24) is 4.90 Å². The Balaban J connectivity index is 1.95. The molecule has 0 N–H and O–H groups in total. The second-order valence-electron chi connectivity index (χ2n) is 3.80. The predicted molar refractivity (Wildman–Crippen MR) is 51.6 cm³/mol. The van der Waals surface area contributed by atoms with Crippen molar-refractivity contribution in [3.8, 4) is 0 Å². The Morgan fingerprint density at radius 1 is 0.917 bits per heavy atom. The maximum absolute atomic E-state index is 4.65. The van der Waals surface area contributed by atoms with Crippen LogP contribution in [-0.4, -0.2) is 30.4 Å². The van der Waals surface area contributed by atoms with Crippen LogP contribution in [0.5, 0.6) is 0 Å². The second-order valence-corrected chi connectivity index (χ2v) is 3.80. The molecule has 0 spiro atoms. The first kappa shape index (κ1) is 8.09. The molecular weight excluding hydrogens is 148 g/mol. The van der Waals surface area contributed by atoms with Crippen molar-refractivity contribution in [1.29, 1.82) is 0 Å². The third kappa shape index (κ3) is 1.79. The van der Waals surface area contributed by atoms with E-state index in [2.05, 4.69) is 9.89 Å². The van der Waals surface area contributed by atoms with Crippen molar-refractivity contribution in [3.05, 3.63) is 0 Å². The van der Waals surface area contributed by atoms with Gasteiger partial charge in [0.2, 0.25) is 0 Å². The first-order valence-corrected chi connectivity index (χ1v) is 5.25. The van der Waals surface area contributed by atoms with Gasteiger partial charge in [0.15, 0.2) is 0 Å². The van der Waals surface area contributed by atoms with E-state index in [1.807, 2.05) is 0 Å². The van der Waals surface area contributed by atoms with E-state index in [1.54, 1.807) is 0 Å². The van der Waals surface area contributed by atoms with Crippen molar-refractivity contribution in [2.24, 2.45) is 4.99 Å². The minimum atomic E-state index is 1.08. The molecule has 0 atom stereocenters. The lowest BCUT2D eigenvalue weighted by molar-refractivity contribution is 0.504. The molecule has 0 unspecified atom stereocenters. The summed E-state index contributed by atoms with van der Waals surface area (Å²) in [4.78, 5) is 7.14. The van der Waals surface area contributed by atoms with Crippen LogP contribution in [0, 0.1) is 0 Å². The summed E-state index contributed by atoms with van der Waals surface area (Å²) < 4.78 is 0. The van der Waals surface area contributed by atoms with Gasteiger partial charge in [0.05, 0.1) is 5.84 Å². The Kier molecular flexibility index (Phi) is 2.64. The fourth-order valence-electron chi connectivity index (χ4n) is 2.09. The smallest absolute Gasteiger partial charge is 0.0988 e. The minimum Gasteiger partial charge on any atom is -0.360 e. The topological polar surface area (TPSA) is 15.6 Å². The summed E-state index contributed by atoms with van der Waals surface area (Å²) in [7, 11) is 0. The van der Waals surface area contributed by atoms with Crippen LogP contribution in [0.3, 0.4) is 0 Å². The number of hydrogen-bond acceptors (Lipinski definition) is 2. The average Bonchev–Trinajstić information content (AvgIpc) is 2.48. The molecule has 1 fully saturated rings. The summed E-state index contributed by atoms with van der Waals surface area (Å²) >= 11 is 0. The van der Waals surface area contributed by atoms with Gasteiger partial charge in [-0.2, -0.15) is 0 Å². The minimum absolute atomic E-state index is 1.08. The molecule has 2 heterocycles. The molecular formula is C10H18N2. The summed E-state index contributed by atoms with van der Waals surface area (Å²) in [5.41, 5.74) is 0. The molecule has 0 bridgehead atoms. The number of hydrogen-bond donors (Lipinski definition) is 0. The quantitative estimate of drug-likeness (QED) is 0.538. The summed E-state index contributed by atoms with van der Waals surface area (Å²) in [5.74, 6) is 1.41. The van der Waals surface area contributed by atoms with Gasteiger partial charge in [-0.25, -0.2) is 0 Å². The monoisotopic (exact) mass is 166 g/mol. The van der Waals surface area contributed by atoms with E-state index in [-0.39, 0.29) is 0 Å². The molecule has 0 aromatic heterocycles. The van der Waals surface area contributed by atoms with Crippen LogP contribution in [-0.2, 0) is 0 Å². The van der Waals surface area contributed by atoms with Crippen molar-refractivity contribution in [2.45, 2.75) is 38.5 Å². The lowest BCUT2D eigenvalue weighted by Crippen LogP contribution is -2.27. The number of amidine groups is 1. The molecule has 2 rings (SSSR count). The van der Waals surface area contributed by atoms with Crippen LogP contribution in [0.15, 0.2) is 4.99 Å². The number of rotatable bonds is 0. The zero-order chi connectivity index (χ0) is 8.23. The number of likely N-dealkylation sites (tertiary alicyclic amines) is 1. The van der Waals surface area contributed by atoms with Gasteiger partial charge >= 0.3 is 0 Å². The van der Waals surface area contributed by atoms with Gasteiger partial charge in [0.25, 0.3) is 0 Å². The Labute approximate surface area is 74.7 Å². The van der Waals surface area contributed by atoms with Gasteiger partial charge in [-0.3, -0.25) is 4.99 Å². The Bertz CT molecular complexity index is 169. The molecule has 2 nitrogen and oxygen atoms in total. The largest absolute Gasteiger partial charge is 0.360 e. The highest BCUT2D eigenvalue weighted by molar-refractivity contribution is 5.82. The van der Waals surface area contributed by atoms with Gasteiger partial charge in [0, 0.05) is 26.1 Å². The van der Waals surface area contributed by atoms with E-state index in [4.69, 9.17) is 0 Å². The molecule has 0 saturated carbocycles. The highest BCUT2D eigenvalue weighted by Crippen LogP contribution is 2.15. The Morgan fingerprint density at radius 2 is 1.75 bits per heavy atom. The van der Waals surface area contributed by atoms with Crippen LogP contribution in [0.25, 0.3) is 0 Å². The Hall–Kier alpha value is -0.530. The average molecular weight is 166 g/mol. The van der Waals surface area contributed by atoms with Crippen molar-refractivity contribution < 1.29 is 0 Å². The zero-order valence-corrected chi connectivity index (χ0v) is 7.76. The maximum Gasteiger partial charge on any atom is 0.0988 e. The van der Waals surface area contributed by atoms with Gasteiger partial charge < -0.3 is 4.90 Å². The maximum atomic E-state index is 4.65. The first-order chi connectivity index (χ1) is 5.97. The third-order valence-corrected chi connectivity index (χ3v) is 2.82. The van der Waals surface area contributed by atoms with Crippen molar-refractivity contribution in [2.75, 3.05) is 19.6 Å². The molecule has 2 aliphatic rings. The molecule has 0 aromatic rings. The van der Waals surface area contributed by atoms with Gasteiger partial charge in [-0.15, -0.1) is 0 Å². The van der Waals surface area contributed by atoms with Gasteiger partial charge in [-0.05, 0) is 25.7 Å². The molecule has 0 amide bonds. The Morgan fingerprint density at radius 3 is 2.58 bits per heavy atom. The van der Waals surface area contributed by atoms with Gasteiger partial charge in [-0.1, -0.05) is 6.42 Å². The summed E-state index contributed by atoms with van der Waals surface area (Å²) in [6.45, 7) is 3.60. The molecule has 2 heteroatoms. The van der Waals surface area contributed by atoms with Crippen LogP contribution >= 0.6 is 0 Å². The third-order valence-electron chi connectivity index (χ3n) is 2.82. The first-order valence-electron chi connectivity index (χ1n) is 5.25. The normalized spacial score (nSPS) is 25.3. The number of aliphatic imine (C=N–C) groups is 1. The molecule has 12 heavy (non-hydrogen) atoms. The van der Waals surface area contributed by atoms with Crippen LogP contribution in [0.1, 0.15) is 38.5 Å². The van der Waals surface area contributed by atoms with E-state index in [9.17, 15) is 0 Å². The SMILES string of the molecule is C1CCN=C(N2CCCC2)CC1. The highest BCUT2D eigenvalue weighted by atomic mass is 15.2. The van der Waals surface area contributed by atoms with E-state index < -0.39 is 0 Å². The summed E-state index contributed by atoms with van der Waals surface area (Å²) in [5, 5.41) is 0. The standard InChI is InChI=1S/C10H18N2/c1-2-6-10(11-7-3-1)12-8-4-5-9-12/h1-9H2. The van der Waals surface area contributed by atoms with Crippen molar-refractivity contribution >= 4 is 5.84 Å². The highest BCUT2D eigenvalue weighted by Gasteiger charge is 2.16. The molecule has 2 aliphatic heterocycles. The molecule has 0 aliphatic carbocycles.